The van der Waals surface area contributed by atoms with Gasteiger partial charge < -0.3 is 15.6 Å². The van der Waals surface area contributed by atoms with Gasteiger partial charge in [-0.2, -0.15) is 0 Å². The number of hydrazine groups is 1. The predicted molar refractivity (Wildman–Crippen MR) is 76.1 cm³/mol. The molecule has 0 saturated carbocycles. The molecular formula is C11H18N6OS. The van der Waals surface area contributed by atoms with Crippen molar-refractivity contribution in [3.8, 4) is 0 Å². The van der Waals surface area contributed by atoms with Crippen LogP contribution in [0.15, 0.2) is 11.2 Å². The van der Waals surface area contributed by atoms with Crippen LogP contribution < -0.4 is 21.5 Å². The maximum absolute atomic E-state index is 12.0. The molecule has 1 amide bonds. The van der Waals surface area contributed by atoms with Crippen molar-refractivity contribution in [3.63, 3.8) is 0 Å². The van der Waals surface area contributed by atoms with Crippen molar-refractivity contribution < 1.29 is 4.79 Å². The summed E-state index contributed by atoms with van der Waals surface area (Å²) in [5, 5.41) is 3.48. The minimum Gasteiger partial charge on any atom is -0.352 e. The van der Waals surface area contributed by atoms with Crippen LogP contribution in [-0.2, 0) is 4.79 Å². The number of carbonyl (C=O) groups excluding carboxylic acids is 1. The summed E-state index contributed by atoms with van der Waals surface area (Å²) in [6.07, 6.45) is 1.90. The van der Waals surface area contributed by atoms with Crippen molar-refractivity contribution >= 4 is 29.3 Å². The minimum absolute atomic E-state index is 0.00896. The van der Waals surface area contributed by atoms with Crippen molar-refractivity contribution in [3.05, 3.63) is 6.07 Å². The van der Waals surface area contributed by atoms with E-state index in [1.807, 2.05) is 25.0 Å². The van der Waals surface area contributed by atoms with E-state index < -0.39 is 5.54 Å². The van der Waals surface area contributed by atoms with Gasteiger partial charge in [-0.1, -0.05) is 11.8 Å². The zero-order valence-electron chi connectivity index (χ0n) is 11.2. The maximum atomic E-state index is 12.0. The number of rotatable bonds is 3. The lowest BCUT2D eigenvalue weighted by molar-refractivity contribution is -0.126. The Morgan fingerprint density at radius 3 is 2.89 bits per heavy atom. The molecule has 0 atom stereocenters. The number of hydrogen-bond donors (Lipinski definition) is 3. The minimum atomic E-state index is -0.645. The van der Waals surface area contributed by atoms with Gasteiger partial charge in [0.1, 0.15) is 17.2 Å². The van der Waals surface area contributed by atoms with Crippen molar-refractivity contribution in [2.75, 3.05) is 29.7 Å². The van der Waals surface area contributed by atoms with E-state index in [1.54, 1.807) is 6.07 Å². The van der Waals surface area contributed by atoms with Gasteiger partial charge in [0, 0.05) is 19.2 Å². The van der Waals surface area contributed by atoms with Crippen LogP contribution in [0.25, 0.3) is 0 Å². The summed E-state index contributed by atoms with van der Waals surface area (Å²) in [5.41, 5.74) is 1.88. The van der Waals surface area contributed by atoms with Crippen molar-refractivity contribution in [2.24, 2.45) is 5.84 Å². The molecule has 7 nitrogen and oxygen atoms in total. The topological polar surface area (TPSA) is 96.2 Å². The highest BCUT2D eigenvalue weighted by Gasteiger charge is 2.38. The van der Waals surface area contributed by atoms with E-state index in [4.69, 9.17) is 5.84 Å². The van der Waals surface area contributed by atoms with Gasteiger partial charge >= 0.3 is 0 Å². The van der Waals surface area contributed by atoms with Crippen LogP contribution >= 0.6 is 11.8 Å². The Labute approximate surface area is 116 Å². The Morgan fingerprint density at radius 1 is 1.53 bits per heavy atom. The summed E-state index contributed by atoms with van der Waals surface area (Å²) < 4.78 is 0. The molecule has 4 N–H and O–H groups in total. The van der Waals surface area contributed by atoms with E-state index >= 15 is 0 Å². The van der Waals surface area contributed by atoms with E-state index in [0.29, 0.717) is 29.9 Å². The molecule has 1 aliphatic heterocycles. The zero-order valence-corrected chi connectivity index (χ0v) is 12.0. The molecule has 1 aromatic rings. The highest BCUT2D eigenvalue weighted by Crippen LogP contribution is 2.27. The fraction of sp³-hybridized carbons (Fsp3) is 0.545. The number of nitrogen functional groups attached to an aromatic ring is 1. The van der Waals surface area contributed by atoms with Gasteiger partial charge in [0.05, 0.1) is 0 Å². The zero-order chi connectivity index (χ0) is 14.0. The Morgan fingerprint density at radius 2 is 2.26 bits per heavy atom. The van der Waals surface area contributed by atoms with Crippen LogP contribution in [0.5, 0.6) is 0 Å². The van der Waals surface area contributed by atoms with Crippen LogP contribution in [0.1, 0.15) is 13.8 Å². The van der Waals surface area contributed by atoms with Crippen LogP contribution in [-0.4, -0.2) is 40.8 Å². The summed E-state index contributed by atoms with van der Waals surface area (Å²) in [6.45, 7) is 5.05. The number of nitrogens with two attached hydrogens (primary N) is 1. The number of thioether (sulfide) groups is 1. The van der Waals surface area contributed by atoms with E-state index in [-0.39, 0.29) is 5.91 Å². The molecule has 1 fully saturated rings. The fourth-order valence-electron chi connectivity index (χ4n) is 2.02. The van der Waals surface area contributed by atoms with Crippen LogP contribution in [0, 0.1) is 0 Å². The molecule has 0 aromatic carbocycles. The first-order valence-electron chi connectivity index (χ1n) is 5.94. The number of carbonyl (C=O) groups is 1. The van der Waals surface area contributed by atoms with Gasteiger partial charge in [0.2, 0.25) is 5.91 Å². The van der Waals surface area contributed by atoms with Gasteiger partial charge in [-0.15, -0.1) is 0 Å². The van der Waals surface area contributed by atoms with Crippen molar-refractivity contribution in [1.82, 2.24) is 15.3 Å². The first-order valence-corrected chi connectivity index (χ1v) is 7.17. The first kappa shape index (κ1) is 13.9. The first-order chi connectivity index (χ1) is 8.98. The largest absolute Gasteiger partial charge is 0.352 e. The summed E-state index contributed by atoms with van der Waals surface area (Å²) in [5.74, 6) is 6.65. The van der Waals surface area contributed by atoms with E-state index in [0.717, 1.165) is 0 Å². The Bertz CT molecular complexity index is 470. The average molecular weight is 282 g/mol. The lowest BCUT2D eigenvalue weighted by Gasteiger charge is -2.42. The third-order valence-electron chi connectivity index (χ3n) is 3.15. The quantitative estimate of drug-likeness (QED) is 0.315. The van der Waals surface area contributed by atoms with Gasteiger partial charge in [0.25, 0.3) is 0 Å². The highest BCUT2D eigenvalue weighted by atomic mass is 32.2. The molecule has 0 spiro atoms. The molecule has 1 aliphatic rings. The van der Waals surface area contributed by atoms with Crippen molar-refractivity contribution in [2.45, 2.75) is 24.5 Å². The highest BCUT2D eigenvalue weighted by molar-refractivity contribution is 7.98. The molecule has 0 aliphatic carbocycles. The monoisotopic (exact) mass is 282 g/mol. The van der Waals surface area contributed by atoms with Crippen LogP contribution in [0.3, 0.4) is 0 Å². The summed E-state index contributed by atoms with van der Waals surface area (Å²) in [7, 11) is 0. The fourth-order valence-corrected chi connectivity index (χ4v) is 2.39. The number of piperazine rings is 1. The Balaban J connectivity index is 2.42. The summed E-state index contributed by atoms with van der Waals surface area (Å²) in [6, 6.07) is 1.75. The molecule has 2 heterocycles. The van der Waals surface area contributed by atoms with Gasteiger partial charge in [0.15, 0.2) is 5.16 Å². The standard InChI is InChI=1S/C11H18N6OS/c1-11(2)9(18)13-4-5-17(11)8-6-7(16-12)14-10(15-8)19-3/h6H,4-5,12H2,1-3H3,(H,13,18)(H,14,15,16). The molecule has 0 unspecified atom stereocenters. The number of aromatic nitrogens is 2. The second kappa shape index (κ2) is 5.22. The summed E-state index contributed by atoms with van der Waals surface area (Å²) in [4.78, 5) is 22.6. The molecular weight excluding hydrogens is 264 g/mol. The second-order valence-electron chi connectivity index (χ2n) is 4.71. The number of amides is 1. The SMILES string of the molecule is CSc1nc(NN)cc(N2CCNC(=O)C2(C)C)n1. The number of nitrogens with zero attached hydrogens (tertiary/aromatic N) is 3. The normalized spacial score (nSPS) is 18.1. The molecule has 19 heavy (non-hydrogen) atoms. The van der Waals surface area contributed by atoms with E-state index in [1.165, 1.54) is 11.8 Å². The van der Waals surface area contributed by atoms with Gasteiger partial charge in [-0.05, 0) is 20.1 Å². The van der Waals surface area contributed by atoms with Crippen molar-refractivity contribution in [1.29, 1.82) is 0 Å². The molecule has 1 saturated heterocycles. The molecule has 2 rings (SSSR count). The Kier molecular flexibility index (Phi) is 3.81. The lowest BCUT2D eigenvalue weighted by atomic mass is 9.99. The molecule has 8 heteroatoms. The average Bonchev–Trinajstić information content (AvgIpc) is 2.41. The van der Waals surface area contributed by atoms with E-state index in [9.17, 15) is 4.79 Å². The number of nitrogens with one attached hydrogen (secondary N) is 2. The number of anilines is 2. The molecule has 104 valence electrons. The van der Waals surface area contributed by atoms with Crippen LogP contribution in [0.2, 0.25) is 0 Å². The van der Waals surface area contributed by atoms with Gasteiger partial charge in [-0.25, -0.2) is 15.8 Å². The molecule has 1 aromatic heterocycles. The predicted octanol–water partition coefficient (Wildman–Crippen LogP) is 0.199. The third-order valence-corrected chi connectivity index (χ3v) is 3.70. The van der Waals surface area contributed by atoms with E-state index in [2.05, 4.69) is 20.7 Å². The molecule has 0 radical (unpaired) electrons. The maximum Gasteiger partial charge on any atom is 0.245 e. The Hall–Kier alpha value is -1.54. The smallest absolute Gasteiger partial charge is 0.245 e. The van der Waals surface area contributed by atoms with Crippen LogP contribution in [0.4, 0.5) is 11.6 Å². The molecule has 0 bridgehead atoms. The van der Waals surface area contributed by atoms with Gasteiger partial charge in [-0.3, -0.25) is 4.79 Å². The summed E-state index contributed by atoms with van der Waals surface area (Å²) >= 11 is 1.43. The second-order valence-corrected chi connectivity index (χ2v) is 5.48. The third kappa shape index (κ3) is 2.59. The number of hydrogen-bond acceptors (Lipinski definition) is 7. The lowest BCUT2D eigenvalue weighted by Crippen LogP contribution is -2.62.